The number of carbonyl (C=O) groups is 1. The molecule has 2 aromatic heterocycles. The molecule has 1 N–H and O–H groups in total. The molecule has 1 fully saturated rings. The van der Waals surface area contributed by atoms with Gasteiger partial charge < -0.3 is 24.3 Å². The average Bonchev–Trinajstić information content (AvgIpc) is 3.56. The van der Waals surface area contributed by atoms with E-state index in [2.05, 4.69) is 15.2 Å². The monoisotopic (exact) mass is 654 g/mol. The number of aromatic nitrogens is 2. The lowest BCUT2D eigenvalue weighted by atomic mass is 10.1. The van der Waals surface area contributed by atoms with Gasteiger partial charge in [0, 0.05) is 72.9 Å². The predicted molar refractivity (Wildman–Crippen MR) is 175 cm³/mol. The summed E-state index contributed by atoms with van der Waals surface area (Å²) in [6.07, 6.45) is 4.54. The lowest BCUT2D eigenvalue weighted by molar-refractivity contribution is 0.0358. The zero-order chi connectivity index (χ0) is 33.0. The Hall–Kier alpha value is -5.33. The SMILES string of the molecule is O=C(Nc1ccc(Oc2ccnc3cc(OCCCN4CCOCC4)ccc23)c(F)c1)c1c2c(cn(-c3ccc(F)cc3)c1=O)CCO2. The maximum Gasteiger partial charge on any atom is 0.271 e. The molecule has 0 saturated carbocycles. The number of benzene rings is 3. The summed E-state index contributed by atoms with van der Waals surface area (Å²) in [5.74, 6) is -0.745. The number of amides is 1. The molecule has 0 aliphatic carbocycles. The summed E-state index contributed by atoms with van der Waals surface area (Å²) in [5, 5.41) is 3.28. The summed E-state index contributed by atoms with van der Waals surface area (Å²) in [5.41, 5.74) is 0.926. The van der Waals surface area contributed by atoms with E-state index >= 15 is 4.39 Å². The second-order valence-corrected chi connectivity index (χ2v) is 11.5. The summed E-state index contributed by atoms with van der Waals surface area (Å²) < 4.78 is 53.0. The molecular formula is C36H32F2N4O6. The number of pyridine rings is 2. The molecular weight excluding hydrogens is 622 g/mol. The van der Waals surface area contributed by atoms with Crippen LogP contribution in [0.1, 0.15) is 22.3 Å². The molecule has 0 radical (unpaired) electrons. The Bertz CT molecular complexity index is 2030. The first-order valence-corrected chi connectivity index (χ1v) is 15.7. The first kappa shape index (κ1) is 31.3. The van der Waals surface area contributed by atoms with Crippen LogP contribution in [0.25, 0.3) is 16.6 Å². The van der Waals surface area contributed by atoms with E-state index in [9.17, 15) is 14.0 Å². The second kappa shape index (κ2) is 13.8. The number of fused-ring (bicyclic) bond motifs is 2. The highest BCUT2D eigenvalue weighted by atomic mass is 19.1. The third-order valence-electron chi connectivity index (χ3n) is 8.26. The van der Waals surface area contributed by atoms with E-state index < -0.39 is 23.1 Å². The van der Waals surface area contributed by atoms with Crippen LogP contribution < -0.4 is 25.1 Å². The van der Waals surface area contributed by atoms with E-state index in [-0.39, 0.29) is 22.7 Å². The van der Waals surface area contributed by atoms with Crippen LogP contribution in [-0.2, 0) is 11.2 Å². The Labute approximate surface area is 274 Å². The maximum atomic E-state index is 15.3. The number of nitrogens with one attached hydrogen (secondary N) is 1. The van der Waals surface area contributed by atoms with E-state index in [1.807, 2.05) is 18.2 Å². The van der Waals surface area contributed by atoms with Gasteiger partial charge in [-0.05, 0) is 61.0 Å². The Kier molecular flexibility index (Phi) is 8.99. The number of hydrogen-bond donors (Lipinski definition) is 1. The molecule has 1 amide bonds. The number of hydrogen-bond acceptors (Lipinski definition) is 8. The third-order valence-corrected chi connectivity index (χ3v) is 8.26. The van der Waals surface area contributed by atoms with Crippen molar-refractivity contribution in [3.05, 3.63) is 112 Å². The van der Waals surface area contributed by atoms with E-state index in [1.165, 1.54) is 41.0 Å². The fourth-order valence-electron chi connectivity index (χ4n) is 5.81. The van der Waals surface area contributed by atoms with Crippen LogP contribution in [0.3, 0.4) is 0 Å². The molecule has 3 aromatic carbocycles. The van der Waals surface area contributed by atoms with Gasteiger partial charge in [-0.3, -0.25) is 24.0 Å². The van der Waals surface area contributed by atoms with Crippen molar-refractivity contribution in [2.24, 2.45) is 0 Å². The van der Waals surface area contributed by atoms with E-state index in [1.54, 1.807) is 18.5 Å². The Morgan fingerprint density at radius 2 is 1.79 bits per heavy atom. The molecule has 0 spiro atoms. The Morgan fingerprint density at radius 1 is 0.958 bits per heavy atom. The summed E-state index contributed by atoms with van der Waals surface area (Å²) >= 11 is 0. The fraction of sp³-hybridized carbons (Fsp3) is 0.250. The Balaban J connectivity index is 1.04. The zero-order valence-corrected chi connectivity index (χ0v) is 25.9. The van der Waals surface area contributed by atoms with Gasteiger partial charge in [0.25, 0.3) is 11.5 Å². The minimum atomic E-state index is -0.762. The van der Waals surface area contributed by atoms with Crippen LogP contribution in [0.5, 0.6) is 23.0 Å². The van der Waals surface area contributed by atoms with Crippen molar-refractivity contribution in [1.29, 1.82) is 0 Å². The molecule has 0 bridgehead atoms. The largest absolute Gasteiger partial charge is 0.493 e. The molecule has 10 nitrogen and oxygen atoms in total. The highest BCUT2D eigenvalue weighted by Gasteiger charge is 2.27. The smallest absolute Gasteiger partial charge is 0.271 e. The third kappa shape index (κ3) is 6.71. The first-order chi connectivity index (χ1) is 23.4. The van der Waals surface area contributed by atoms with E-state index in [4.69, 9.17) is 18.9 Å². The van der Waals surface area contributed by atoms with Gasteiger partial charge in [-0.25, -0.2) is 8.78 Å². The zero-order valence-electron chi connectivity index (χ0n) is 25.9. The van der Waals surface area contributed by atoms with Crippen LogP contribution in [0.15, 0.2) is 83.9 Å². The van der Waals surface area contributed by atoms with E-state index in [0.29, 0.717) is 53.3 Å². The van der Waals surface area contributed by atoms with Crippen molar-refractivity contribution < 1.29 is 32.5 Å². The van der Waals surface area contributed by atoms with Crippen LogP contribution in [-0.4, -0.2) is 66.4 Å². The van der Waals surface area contributed by atoms with Crippen molar-refractivity contribution >= 4 is 22.5 Å². The predicted octanol–water partition coefficient (Wildman–Crippen LogP) is 5.74. The average molecular weight is 655 g/mol. The van der Waals surface area contributed by atoms with Crippen LogP contribution in [0.2, 0.25) is 0 Å². The quantitative estimate of drug-likeness (QED) is 0.190. The van der Waals surface area contributed by atoms with Crippen LogP contribution >= 0.6 is 0 Å². The molecule has 0 atom stereocenters. The number of rotatable bonds is 10. The molecule has 2 aliphatic rings. The van der Waals surface area contributed by atoms with Crippen molar-refractivity contribution in [1.82, 2.24) is 14.5 Å². The van der Waals surface area contributed by atoms with Crippen molar-refractivity contribution in [3.8, 4) is 28.7 Å². The summed E-state index contributed by atoms with van der Waals surface area (Å²) in [4.78, 5) is 33.6. The summed E-state index contributed by atoms with van der Waals surface area (Å²) in [6, 6.07) is 16.4. The van der Waals surface area contributed by atoms with Gasteiger partial charge in [0.15, 0.2) is 11.6 Å². The summed E-state index contributed by atoms with van der Waals surface area (Å²) in [7, 11) is 0. The minimum absolute atomic E-state index is 0.0634. The second-order valence-electron chi connectivity index (χ2n) is 11.5. The molecule has 12 heteroatoms. The molecule has 7 rings (SSSR count). The molecule has 0 unspecified atom stereocenters. The Morgan fingerprint density at radius 3 is 2.60 bits per heavy atom. The van der Waals surface area contributed by atoms with Crippen LogP contribution in [0.4, 0.5) is 14.5 Å². The topological polar surface area (TPSA) is 104 Å². The van der Waals surface area contributed by atoms with Gasteiger partial charge in [-0.1, -0.05) is 0 Å². The van der Waals surface area contributed by atoms with Gasteiger partial charge in [0.2, 0.25) is 0 Å². The highest BCUT2D eigenvalue weighted by molar-refractivity contribution is 6.06. The van der Waals surface area contributed by atoms with E-state index in [0.717, 1.165) is 45.3 Å². The van der Waals surface area contributed by atoms with Crippen molar-refractivity contribution in [2.45, 2.75) is 12.8 Å². The number of morpholine rings is 1. The van der Waals surface area contributed by atoms with Gasteiger partial charge in [0.1, 0.15) is 28.6 Å². The number of anilines is 1. The van der Waals surface area contributed by atoms with Gasteiger partial charge in [-0.2, -0.15) is 0 Å². The van der Waals surface area contributed by atoms with Crippen LogP contribution in [0, 0.1) is 11.6 Å². The van der Waals surface area contributed by atoms with Gasteiger partial charge in [0.05, 0.1) is 31.9 Å². The lowest BCUT2D eigenvalue weighted by Crippen LogP contribution is -2.37. The first-order valence-electron chi connectivity index (χ1n) is 15.7. The normalized spacial score (nSPS) is 14.4. The fourth-order valence-corrected chi connectivity index (χ4v) is 5.81. The highest BCUT2D eigenvalue weighted by Crippen LogP contribution is 2.34. The molecule has 246 valence electrons. The lowest BCUT2D eigenvalue weighted by Gasteiger charge is -2.26. The van der Waals surface area contributed by atoms with Crippen molar-refractivity contribution in [2.75, 3.05) is 51.4 Å². The van der Waals surface area contributed by atoms with Gasteiger partial charge >= 0.3 is 0 Å². The molecule has 5 aromatic rings. The molecule has 2 aliphatic heterocycles. The van der Waals surface area contributed by atoms with Gasteiger partial charge in [-0.15, -0.1) is 0 Å². The summed E-state index contributed by atoms with van der Waals surface area (Å²) in [6.45, 7) is 5.22. The number of carbonyl (C=O) groups excluding carboxylic acids is 1. The van der Waals surface area contributed by atoms with Crippen molar-refractivity contribution in [3.63, 3.8) is 0 Å². The number of nitrogens with zero attached hydrogens (tertiary/aromatic N) is 3. The molecule has 48 heavy (non-hydrogen) atoms. The standard InChI is InChI=1S/C36H32F2N4O6/c37-24-2-5-26(6-3-24)42-22-23-11-17-47-34(23)33(36(42)44)35(43)40-25-4-9-32(29(38)20-25)48-31-10-12-39-30-21-27(7-8-28(30)31)46-16-1-13-41-14-18-45-19-15-41/h2-10,12,20-22H,1,11,13-19H2,(H,40,43). The number of halogens is 2. The molecule has 4 heterocycles. The maximum absolute atomic E-state index is 15.3. The molecule has 1 saturated heterocycles. The number of ether oxygens (including phenoxy) is 4. The minimum Gasteiger partial charge on any atom is -0.493 e.